The number of halogens is 3. The quantitative estimate of drug-likeness (QED) is 0.837. The molecule has 2 rings (SSSR count). The van der Waals surface area contributed by atoms with Crippen molar-refractivity contribution in [2.24, 2.45) is 0 Å². The molecule has 1 N–H and O–H groups in total. The summed E-state index contributed by atoms with van der Waals surface area (Å²) in [6.07, 6.45) is -4.79. The molecule has 3 nitrogen and oxygen atoms in total. The van der Waals surface area contributed by atoms with E-state index in [-0.39, 0.29) is 18.7 Å². The zero-order valence-electron chi connectivity index (χ0n) is 9.44. The summed E-state index contributed by atoms with van der Waals surface area (Å²) in [5, 5.41) is 9.31. The zero-order valence-corrected chi connectivity index (χ0v) is 9.44. The summed E-state index contributed by atoms with van der Waals surface area (Å²) in [4.78, 5) is 13.2. The highest BCUT2D eigenvalue weighted by Crippen LogP contribution is 2.32. The van der Waals surface area contributed by atoms with E-state index >= 15 is 0 Å². The fourth-order valence-corrected chi connectivity index (χ4v) is 2.01. The van der Waals surface area contributed by atoms with E-state index in [1.165, 1.54) is 17.0 Å². The number of aliphatic hydroxyl groups excluding tert-OH is 1. The Morgan fingerprint density at radius 1 is 1.33 bits per heavy atom. The van der Waals surface area contributed by atoms with Crippen LogP contribution in [0, 0.1) is 0 Å². The maximum Gasteiger partial charge on any atom is 0.417 e. The number of hydrogen-bond donors (Lipinski definition) is 1. The Hall–Kier alpha value is -1.56. The number of rotatable bonds is 1. The van der Waals surface area contributed by atoms with Gasteiger partial charge in [-0.05, 0) is 18.6 Å². The van der Waals surface area contributed by atoms with Gasteiger partial charge >= 0.3 is 6.18 Å². The molecule has 1 atom stereocenters. The normalized spacial score (nSPS) is 20.2. The Bertz CT molecular complexity index is 459. The van der Waals surface area contributed by atoms with Gasteiger partial charge in [-0.3, -0.25) is 4.79 Å². The van der Waals surface area contributed by atoms with Crippen molar-refractivity contribution in [3.8, 4) is 0 Å². The van der Waals surface area contributed by atoms with E-state index in [4.69, 9.17) is 0 Å². The van der Waals surface area contributed by atoms with Gasteiger partial charge in [0.25, 0.3) is 5.91 Å². The van der Waals surface area contributed by atoms with Crippen LogP contribution in [-0.2, 0) is 6.18 Å². The van der Waals surface area contributed by atoms with E-state index in [1.54, 1.807) is 0 Å². The zero-order chi connectivity index (χ0) is 13.3. The average molecular weight is 259 g/mol. The Balaban J connectivity index is 2.31. The molecule has 1 fully saturated rings. The molecule has 1 aliphatic heterocycles. The molecule has 1 aromatic rings. The molecule has 1 aliphatic rings. The van der Waals surface area contributed by atoms with Gasteiger partial charge in [-0.15, -0.1) is 0 Å². The van der Waals surface area contributed by atoms with E-state index < -0.39 is 23.8 Å². The van der Waals surface area contributed by atoms with E-state index in [1.807, 2.05) is 0 Å². The molecule has 0 bridgehead atoms. The number of amides is 1. The van der Waals surface area contributed by atoms with Crippen LogP contribution in [0.25, 0.3) is 0 Å². The third kappa shape index (κ3) is 2.48. The molecule has 0 aromatic heterocycles. The van der Waals surface area contributed by atoms with Gasteiger partial charge in [-0.1, -0.05) is 12.1 Å². The van der Waals surface area contributed by atoms with Gasteiger partial charge in [0, 0.05) is 13.1 Å². The van der Waals surface area contributed by atoms with Crippen molar-refractivity contribution in [3.05, 3.63) is 35.4 Å². The van der Waals surface area contributed by atoms with E-state index in [0.29, 0.717) is 6.42 Å². The minimum Gasteiger partial charge on any atom is -0.391 e. The number of carbonyl (C=O) groups is 1. The van der Waals surface area contributed by atoms with Crippen LogP contribution in [0.15, 0.2) is 24.3 Å². The van der Waals surface area contributed by atoms with Crippen molar-refractivity contribution in [2.75, 3.05) is 13.1 Å². The van der Waals surface area contributed by atoms with Crippen LogP contribution < -0.4 is 0 Å². The molecule has 1 heterocycles. The molecular formula is C12H12F3NO2. The van der Waals surface area contributed by atoms with Crippen molar-refractivity contribution >= 4 is 5.91 Å². The number of carbonyl (C=O) groups excluding carboxylic acids is 1. The lowest BCUT2D eigenvalue weighted by Crippen LogP contribution is -2.31. The van der Waals surface area contributed by atoms with Gasteiger partial charge in [0.2, 0.25) is 0 Å². The van der Waals surface area contributed by atoms with Crippen LogP contribution in [0.2, 0.25) is 0 Å². The summed E-state index contributed by atoms with van der Waals surface area (Å²) in [7, 11) is 0. The summed E-state index contributed by atoms with van der Waals surface area (Å²) in [6.45, 7) is 0.372. The molecule has 0 unspecified atom stereocenters. The van der Waals surface area contributed by atoms with Crippen LogP contribution in [-0.4, -0.2) is 35.1 Å². The molecule has 1 amide bonds. The highest BCUT2D eigenvalue weighted by atomic mass is 19.4. The number of benzene rings is 1. The Labute approximate surface area is 102 Å². The maximum atomic E-state index is 12.8. The van der Waals surface area contributed by atoms with Gasteiger partial charge in [-0.2, -0.15) is 13.2 Å². The van der Waals surface area contributed by atoms with E-state index in [9.17, 15) is 23.1 Å². The lowest BCUT2D eigenvalue weighted by atomic mass is 10.1. The number of alkyl halides is 3. The number of likely N-dealkylation sites (tertiary alicyclic amines) is 1. The second kappa shape index (κ2) is 4.61. The van der Waals surface area contributed by atoms with Crippen molar-refractivity contribution in [1.82, 2.24) is 4.90 Å². The molecule has 1 saturated heterocycles. The standard InChI is InChI=1S/C12H12F3NO2/c13-12(14,15)10-4-2-1-3-9(10)11(18)16-6-5-8(17)7-16/h1-4,8,17H,5-7H2/t8-/m0/s1. The highest BCUT2D eigenvalue weighted by Gasteiger charge is 2.36. The SMILES string of the molecule is O=C(c1ccccc1C(F)(F)F)N1CC[C@H](O)C1. The van der Waals surface area contributed by atoms with Crippen molar-refractivity contribution in [1.29, 1.82) is 0 Å². The molecule has 0 spiro atoms. The second-order valence-corrected chi connectivity index (χ2v) is 4.24. The predicted molar refractivity (Wildman–Crippen MR) is 58.0 cm³/mol. The maximum absolute atomic E-state index is 12.8. The van der Waals surface area contributed by atoms with Crippen molar-refractivity contribution < 1.29 is 23.1 Å². The number of aliphatic hydroxyl groups is 1. The average Bonchev–Trinajstić information content (AvgIpc) is 2.74. The molecule has 18 heavy (non-hydrogen) atoms. The smallest absolute Gasteiger partial charge is 0.391 e. The van der Waals surface area contributed by atoms with Crippen molar-refractivity contribution in [3.63, 3.8) is 0 Å². The summed E-state index contributed by atoms with van der Waals surface area (Å²) in [5.74, 6) is -0.681. The van der Waals surface area contributed by atoms with E-state index in [0.717, 1.165) is 12.1 Å². The van der Waals surface area contributed by atoms with Crippen LogP contribution in [0.5, 0.6) is 0 Å². The fourth-order valence-electron chi connectivity index (χ4n) is 2.01. The van der Waals surface area contributed by atoms with Crippen molar-refractivity contribution in [2.45, 2.75) is 18.7 Å². The molecule has 98 valence electrons. The predicted octanol–water partition coefficient (Wildman–Crippen LogP) is 1.91. The van der Waals surface area contributed by atoms with Crippen LogP contribution in [0.4, 0.5) is 13.2 Å². The summed E-state index contributed by atoms with van der Waals surface area (Å²) < 4.78 is 38.3. The third-order valence-corrected chi connectivity index (χ3v) is 2.91. The summed E-state index contributed by atoms with van der Waals surface area (Å²) in [5.41, 5.74) is -1.30. The van der Waals surface area contributed by atoms with Crippen LogP contribution in [0.1, 0.15) is 22.3 Å². The minimum absolute atomic E-state index is 0.0883. The van der Waals surface area contributed by atoms with Gasteiger partial charge < -0.3 is 10.0 Å². The first-order valence-corrected chi connectivity index (χ1v) is 5.53. The second-order valence-electron chi connectivity index (χ2n) is 4.24. The van der Waals surface area contributed by atoms with Gasteiger partial charge in [-0.25, -0.2) is 0 Å². The first-order valence-electron chi connectivity index (χ1n) is 5.53. The van der Waals surface area contributed by atoms with Gasteiger partial charge in [0.05, 0.1) is 17.2 Å². The Morgan fingerprint density at radius 3 is 2.56 bits per heavy atom. The number of nitrogens with zero attached hydrogens (tertiary/aromatic N) is 1. The van der Waals surface area contributed by atoms with Crippen LogP contribution in [0.3, 0.4) is 0 Å². The monoisotopic (exact) mass is 259 g/mol. The number of β-amino-alcohol motifs (C(OH)–C–C–N with tert-alkyl or cyclic N) is 1. The van der Waals surface area contributed by atoms with Crippen LogP contribution >= 0.6 is 0 Å². The summed E-state index contributed by atoms with van der Waals surface area (Å²) >= 11 is 0. The molecule has 1 aromatic carbocycles. The molecular weight excluding hydrogens is 247 g/mol. The minimum atomic E-state index is -4.55. The number of hydrogen-bond acceptors (Lipinski definition) is 2. The van der Waals surface area contributed by atoms with Gasteiger partial charge in [0.15, 0.2) is 0 Å². The molecule has 0 radical (unpaired) electrons. The largest absolute Gasteiger partial charge is 0.417 e. The lowest BCUT2D eigenvalue weighted by molar-refractivity contribution is -0.138. The third-order valence-electron chi connectivity index (χ3n) is 2.91. The molecule has 0 saturated carbocycles. The first kappa shape index (κ1) is 12.9. The van der Waals surface area contributed by atoms with E-state index in [2.05, 4.69) is 0 Å². The molecule has 6 heteroatoms. The van der Waals surface area contributed by atoms with Gasteiger partial charge in [0.1, 0.15) is 0 Å². The fraction of sp³-hybridized carbons (Fsp3) is 0.417. The lowest BCUT2D eigenvalue weighted by Gasteiger charge is -2.18. The highest BCUT2D eigenvalue weighted by molar-refractivity contribution is 5.96. The molecule has 0 aliphatic carbocycles. The first-order chi connectivity index (χ1) is 8.39. The Kier molecular flexibility index (Phi) is 3.30. The topological polar surface area (TPSA) is 40.5 Å². The Morgan fingerprint density at radius 2 is 2.00 bits per heavy atom. The summed E-state index contributed by atoms with van der Waals surface area (Å²) in [6, 6.07) is 4.70.